The van der Waals surface area contributed by atoms with Crippen LogP contribution in [0.4, 0.5) is 5.69 Å². The first-order valence-electron chi connectivity index (χ1n) is 9.99. The zero-order valence-corrected chi connectivity index (χ0v) is 20.5. The Kier molecular flexibility index (Phi) is 6.26. The van der Waals surface area contributed by atoms with Gasteiger partial charge in [0.05, 0.1) is 26.2 Å². The molecule has 8 heteroatoms. The van der Waals surface area contributed by atoms with Gasteiger partial charge in [-0.3, -0.25) is 9.59 Å². The van der Waals surface area contributed by atoms with Crippen molar-refractivity contribution in [3.63, 3.8) is 0 Å². The standard InChI is InChI=1S/C24H23BrN2O4S/c1-13-10-14(25)7-8-17(13)26-23(28)21-15-11-18(30-3)19(31-4)12-16(15)24(29)27(2)22(21)20-6-5-9-32-20/h5-12,21-22H,1-4H3,(H,26,28)/t21-,22+/m0/s1. The van der Waals surface area contributed by atoms with E-state index in [9.17, 15) is 9.59 Å². The van der Waals surface area contributed by atoms with Gasteiger partial charge in [0.15, 0.2) is 11.5 Å². The van der Waals surface area contributed by atoms with E-state index < -0.39 is 12.0 Å². The molecule has 3 aromatic rings. The molecule has 32 heavy (non-hydrogen) atoms. The minimum absolute atomic E-state index is 0.164. The third kappa shape index (κ3) is 3.89. The van der Waals surface area contributed by atoms with Crippen molar-refractivity contribution in [3.05, 3.63) is 73.9 Å². The van der Waals surface area contributed by atoms with E-state index in [0.717, 1.165) is 20.6 Å². The number of carbonyl (C=O) groups is 2. The number of benzene rings is 2. The van der Waals surface area contributed by atoms with Crippen LogP contribution in [0.3, 0.4) is 0 Å². The number of fused-ring (bicyclic) bond motifs is 1. The van der Waals surface area contributed by atoms with Crippen molar-refractivity contribution in [2.45, 2.75) is 18.9 Å². The van der Waals surface area contributed by atoms with Crippen molar-refractivity contribution in [2.75, 3.05) is 26.6 Å². The van der Waals surface area contributed by atoms with Crippen LogP contribution in [-0.2, 0) is 4.79 Å². The third-order valence-corrected chi connectivity index (χ3v) is 7.17. The van der Waals surface area contributed by atoms with Crippen LogP contribution in [0.25, 0.3) is 0 Å². The number of hydrogen-bond acceptors (Lipinski definition) is 5. The molecule has 1 aliphatic heterocycles. The van der Waals surface area contributed by atoms with Crippen LogP contribution in [0.15, 0.2) is 52.3 Å². The lowest BCUT2D eigenvalue weighted by atomic mass is 9.81. The highest BCUT2D eigenvalue weighted by molar-refractivity contribution is 9.10. The first-order chi connectivity index (χ1) is 15.3. The van der Waals surface area contributed by atoms with Crippen LogP contribution in [0.2, 0.25) is 0 Å². The summed E-state index contributed by atoms with van der Waals surface area (Å²) in [5, 5.41) is 5.03. The lowest BCUT2D eigenvalue weighted by Crippen LogP contribution is -2.43. The number of amides is 2. The first kappa shape index (κ1) is 22.4. The fourth-order valence-electron chi connectivity index (χ4n) is 4.12. The van der Waals surface area contributed by atoms with E-state index in [4.69, 9.17) is 9.47 Å². The molecule has 0 aliphatic carbocycles. The van der Waals surface area contributed by atoms with Crippen molar-refractivity contribution >= 4 is 44.8 Å². The predicted octanol–water partition coefficient (Wildman–Crippen LogP) is 5.39. The number of aryl methyl sites for hydroxylation is 1. The number of likely N-dealkylation sites (N-methyl/N-ethyl adjacent to an activating group) is 1. The molecule has 0 radical (unpaired) electrons. The van der Waals surface area contributed by atoms with Gasteiger partial charge < -0.3 is 19.7 Å². The Balaban J connectivity index is 1.86. The molecular formula is C24H23BrN2O4S. The number of hydrogen-bond donors (Lipinski definition) is 1. The maximum absolute atomic E-state index is 13.8. The summed E-state index contributed by atoms with van der Waals surface area (Å²) in [6, 6.07) is 12.5. The number of anilines is 1. The summed E-state index contributed by atoms with van der Waals surface area (Å²) in [4.78, 5) is 29.6. The number of nitrogens with one attached hydrogen (secondary N) is 1. The van der Waals surface area contributed by atoms with Crippen molar-refractivity contribution in [3.8, 4) is 11.5 Å². The summed E-state index contributed by atoms with van der Waals surface area (Å²) in [6.07, 6.45) is 0. The number of carbonyl (C=O) groups excluding carboxylic acids is 2. The third-order valence-electron chi connectivity index (χ3n) is 5.74. The van der Waals surface area contributed by atoms with Crippen molar-refractivity contribution in [1.29, 1.82) is 0 Å². The monoisotopic (exact) mass is 514 g/mol. The number of ether oxygens (including phenoxy) is 2. The molecule has 0 unspecified atom stereocenters. The molecule has 2 aromatic carbocycles. The fourth-order valence-corrected chi connectivity index (χ4v) is 5.50. The molecule has 0 saturated carbocycles. The molecule has 2 amide bonds. The molecule has 1 aliphatic rings. The number of thiophene rings is 1. The molecule has 166 valence electrons. The fraction of sp³-hybridized carbons (Fsp3) is 0.250. The smallest absolute Gasteiger partial charge is 0.254 e. The second kappa shape index (κ2) is 8.96. The van der Waals surface area contributed by atoms with Crippen LogP contribution < -0.4 is 14.8 Å². The number of rotatable bonds is 5. The summed E-state index contributed by atoms with van der Waals surface area (Å²) in [5.74, 6) is -0.0595. The Morgan fingerprint density at radius 3 is 2.47 bits per heavy atom. The van der Waals surface area contributed by atoms with Gasteiger partial charge in [-0.05, 0) is 59.8 Å². The van der Waals surface area contributed by atoms with Gasteiger partial charge in [-0.2, -0.15) is 0 Å². The molecule has 2 heterocycles. The summed E-state index contributed by atoms with van der Waals surface area (Å²) >= 11 is 4.98. The van der Waals surface area contributed by atoms with Gasteiger partial charge in [-0.15, -0.1) is 11.3 Å². The van der Waals surface area contributed by atoms with Gasteiger partial charge in [0.25, 0.3) is 5.91 Å². The SMILES string of the molecule is COc1cc2c(cc1OC)[C@H](C(=O)Nc1ccc(Br)cc1C)[C@@H](c1cccs1)N(C)C2=O. The van der Waals surface area contributed by atoms with Gasteiger partial charge in [0, 0.05) is 27.6 Å². The number of nitrogens with zero attached hydrogens (tertiary/aromatic N) is 1. The highest BCUT2D eigenvalue weighted by Gasteiger charge is 2.44. The zero-order valence-electron chi connectivity index (χ0n) is 18.1. The first-order valence-corrected chi connectivity index (χ1v) is 11.7. The van der Waals surface area contributed by atoms with E-state index in [1.165, 1.54) is 25.6 Å². The molecule has 0 bridgehead atoms. The van der Waals surface area contributed by atoms with E-state index >= 15 is 0 Å². The number of halogens is 1. The maximum Gasteiger partial charge on any atom is 0.254 e. The average Bonchev–Trinajstić information content (AvgIpc) is 3.31. The molecule has 0 saturated heterocycles. The van der Waals surface area contributed by atoms with E-state index in [2.05, 4.69) is 21.2 Å². The zero-order chi connectivity index (χ0) is 23.0. The summed E-state index contributed by atoms with van der Waals surface area (Å²) in [5.41, 5.74) is 2.72. The van der Waals surface area contributed by atoms with Crippen molar-refractivity contribution in [1.82, 2.24) is 4.90 Å². The molecule has 2 atom stereocenters. The molecule has 1 N–H and O–H groups in total. The van der Waals surface area contributed by atoms with Crippen LogP contribution >= 0.6 is 27.3 Å². The lowest BCUT2D eigenvalue weighted by Gasteiger charge is -2.39. The van der Waals surface area contributed by atoms with Crippen LogP contribution in [0, 0.1) is 6.92 Å². The van der Waals surface area contributed by atoms with Crippen LogP contribution in [0.5, 0.6) is 11.5 Å². The minimum Gasteiger partial charge on any atom is -0.493 e. The Morgan fingerprint density at radius 1 is 1.12 bits per heavy atom. The van der Waals surface area contributed by atoms with Gasteiger partial charge in [0.2, 0.25) is 5.91 Å². The Hall–Kier alpha value is -2.84. The van der Waals surface area contributed by atoms with E-state index in [0.29, 0.717) is 22.6 Å². The van der Waals surface area contributed by atoms with E-state index in [1.54, 1.807) is 24.1 Å². The largest absolute Gasteiger partial charge is 0.493 e. The van der Waals surface area contributed by atoms with Gasteiger partial charge in [-0.25, -0.2) is 0 Å². The predicted molar refractivity (Wildman–Crippen MR) is 129 cm³/mol. The molecule has 4 rings (SSSR count). The Labute approximate surface area is 199 Å². The maximum atomic E-state index is 13.8. The summed E-state index contributed by atoms with van der Waals surface area (Å²) in [7, 11) is 4.80. The molecule has 0 fully saturated rings. The Bertz CT molecular complexity index is 1180. The van der Waals surface area contributed by atoms with Crippen LogP contribution in [-0.4, -0.2) is 38.0 Å². The van der Waals surface area contributed by atoms with Crippen molar-refractivity contribution in [2.24, 2.45) is 0 Å². The van der Waals surface area contributed by atoms with Gasteiger partial charge in [-0.1, -0.05) is 22.0 Å². The summed E-state index contributed by atoms with van der Waals surface area (Å²) < 4.78 is 11.8. The normalized spacial score (nSPS) is 17.7. The van der Waals surface area contributed by atoms with Crippen LogP contribution in [0.1, 0.15) is 38.3 Å². The molecular weight excluding hydrogens is 492 g/mol. The highest BCUT2D eigenvalue weighted by atomic mass is 79.9. The van der Waals surface area contributed by atoms with E-state index in [1.807, 2.05) is 42.6 Å². The topological polar surface area (TPSA) is 67.9 Å². The quantitative estimate of drug-likeness (QED) is 0.495. The molecule has 0 spiro atoms. The van der Waals surface area contributed by atoms with Crippen molar-refractivity contribution < 1.29 is 19.1 Å². The number of methoxy groups -OCH3 is 2. The highest BCUT2D eigenvalue weighted by Crippen LogP contribution is 2.47. The lowest BCUT2D eigenvalue weighted by molar-refractivity contribution is -0.119. The van der Waals surface area contributed by atoms with Gasteiger partial charge >= 0.3 is 0 Å². The second-order valence-electron chi connectivity index (χ2n) is 7.60. The van der Waals surface area contributed by atoms with E-state index in [-0.39, 0.29) is 11.8 Å². The minimum atomic E-state index is -0.630. The molecule has 1 aromatic heterocycles. The molecule has 6 nitrogen and oxygen atoms in total. The second-order valence-corrected chi connectivity index (χ2v) is 9.49. The summed E-state index contributed by atoms with van der Waals surface area (Å²) in [6.45, 7) is 1.94. The average molecular weight is 515 g/mol. The van der Waals surface area contributed by atoms with Gasteiger partial charge in [0.1, 0.15) is 0 Å². The Morgan fingerprint density at radius 2 is 1.84 bits per heavy atom.